The van der Waals surface area contributed by atoms with E-state index in [1.165, 1.54) is 5.56 Å². The number of hydrogen-bond donors (Lipinski definition) is 0. The zero-order chi connectivity index (χ0) is 12.0. The largest absolute Gasteiger partial charge is 0.294 e. The third-order valence-electron chi connectivity index (χ3n) is 4.07. The van der Waals surface area contributed by atoms with Crippen molar-refractivity contribution in [1.29, 1.82) is 0 Å². The average Bonchev–Trinajstić information content (AvgIpc) is 2.32. The number of rotatable bonds is 0. The average molecular weight is 358 g/mol. The van der Waals surface area contributed by atoms with Gasteiger partial charge in [0, 0.05) is 21.1 Å². The van der Waals surface area contributed by atoms with Gasteiger partial charge in [-0.15, -0.1) is 0 Å². The number of ketones is 1. The van der Waals surface area contributed by atoms with Crippen LogP contribution in [0.15, 0.2) is 24.3 Å². The van der Waals surface area contributed by atoms with Gasteiger partial charge in [-0.3, -0.25) is 4.79 Å². The first-order valence-electron chi connectivity index (χ1n) is 6.07. The molecule has 0 saturated heterocycles. The predicted octanol–water partition coefficient (Wildman–Crippen LogP) is 3.98. The predicted molar refractivity (Wildman–Crippen MR) is 76.1 cm³/mol. The summed E-state index contributed by atoms with van der Waals surface area (Å²) in [6.07, 6.45) is 3.13. The lowest BCUT2D eigenvalue weighted by atomic mass is 9.68. The van der Waals surface area contributed by atoms with Gasteiger partial charge in [0.15, 0.2) is 5.78 Å². The summed E-state index contributed by atoms with van der Waals surface area (Å²) >= 11 is 7.40. The zero-order valence-corrected chi connectivity index (χ0v) is 12.6. The normalized spacial score (nSPS) is 36.2. The van der Waals surface area contributed by atoms with Gasteiger partial charge in [0.25, 0.3) is 0 Å². The Morgan fingerprint density at radius 1 is 1.06 bits per heavy atom. The summed E-state index contributed by atoms with van der Waals surface area (Å²) in [6.45, 7) is 0. The first kappa shape index (κ1) is 11.9. The van der Waals surface area contributed by atoms with Crippen molar-refractivity contribution in [1.82, 2.24) is 0 Å². The van der Waals surface area contributed by atoms with Gasteiger partial charge in [-0.05, 0) is 30.7 Å². The molecule has 0 amide bonds. The molecule has 2 aliphatic rings. The summed E-state index contributed by atoms with van der Waals surface area (Å²) in [7, 11) is 0. The Hall–Kier alpha value is -0.150. The summed E-state index contributed by atoms with van der Waals surface area (Å²) in [6, 6.07) is 8.09. The highest BCUT2D eigenvalue weighted by atomic mass is 79.9. The van der Waals surface area contributed by atoms with E-state index < -0.39 is 0 Å². The van der Waals surface area contributed by atoms with E-state index in [0.717, 1.165) is 24.8 Å². The Balaban J connectivity index is 1.97. The van der Waals surface area contributed by atoms with Crippen LogP contribution in [0.1, 0.15) is 28.8 Å². The second kappa shape index (κ2) is 4.51. The minimum atomic E-state index is 0.225. The molecule has 17 heavy (non-hydrogen) atoms. The highest BCUT2D eigenvalue weighted by molar-refractivity contribution is 9.12. The van der Waals surface area contributed by atoms with E-state index in [1.54, 1.807) is 0 Å². The fourth-order valence-corrected chi connectivity index (χ4v) is 4.47. The van der Waals surface area contributed by atoms with Gasteiger partial charge in [0.2, 0.25) is 0 Å². The van der Waals surface area contributed by atoms with Crippen LogP contribution >= 0.6 is 31.9 Å². The number of fused-ring (bicyclic) bond motifs is 2. The molecular formula is C14H14Br2O. The van der Waals surface area contributed by atoms with Crippen LogP contribution in [0.5, 0.6) is 0 Å². The fraction of sp³-hybridized carbons (Fsp3) is 0.500. The van der Waals surface area contributed by atoms with Crippen LogP contribution in [-0.4, -0.2) is 15.4 Å². The summed E-state index contributed by atoms with van der Waals surface area (Å²) in [5, 5.41) is 0. The molecule has 1 saturated carbocycles. The van der Waals surface area contributed by atoms with Crippen LogP contribution in [0.4, 0.5) is 0 Å². The molecule has 0 bridgehead atoms. The fourth-order valence-electron chi connectivity index (χ4n) is 3.15. The quantitative estimate of drug-likeness (QED) is 0.642. The van der Waals surface area contributed by atoms with Gasteiger partial charge in [0.05, 0.1) is 0 Å². The number of halogens is 2. The number of hydrogen-bond acceptors (Lipinski definition) is 1. The van der Waals surface area contributed by atoms with Gasteiger partial charge < -0.3 is 0 Å². The maximum Gasteiger partial charge on any atom is 0.166 e. The number of benzene rings is 1. The molecular weight excluding hydrogens is 344 g/mol. The first-order valence-corrected chi connectivity index (χ1v) is 7.90. The van der Waals surface area contributed by atoms with Crippen LogP contribution in [-0.2, 0) is 6.42 Å². The molecule has 1 aromatic carbocycles. The third kappa shape index (κ3) is 2.01. The van der Waals surface area contributed by atoms with Crippen molar-refractivity contribution in [2.24, 2.45) is 11.8 Å². The number of alkyl halides is 2. The number of carbonyl (C=O) groups is 1. The minimum Gasteiger partial charge on any atom is -0.294 e. The minimum absolute atomic E-state index is 0.225. The van der Waals surface area contributed by atoms with Gasteiger partial charge in [0.1, 0.15) is 0 Å². The highest BCUT2D eigenvalue weighted by Gasteiger charge is 2.42. The molecule has 0 heterocycles. The Bertz CT molecular complexity index is 457. The molecule has 2 aliphatic carbocycles. The Morgan fingerprint density at radius 3 is 2.59 bits per heavy atom. The van der Waals surface area contributed by atoms with Crippen molar-refractivity contribution in [3.63, 3.8) is 0 Å². The van der Waals surface area contributed by atoms with Crippen molar-refractivity contribution in [3.8, 4) is 0 Å². The van der Waals surface area contributed by atoms with Crippen molar-refractivity contribution < 1.29 is 4.79 Å². The van der Waals surface area contributed by atoms with Crippen molar-refractivity contribution in [3.05, 3.63) is 35.4 Å². The second-order valence-corrected chi connectivity index (χ2v) is 7.45. The molecule has 0 N–H and O–H groups in total. The number of carbonyl (C=O) groups excluding carboxylic acids is 1. The first-order chi connectivity index (χ1) is 8.16. The van der Waals surface area contributed by atoms with Crippen molar-refractivity contribution in [2.75, 3.05) is 0 Å². The monoisotopic (exact) mass is 356 g/mol. The van der Waals surface area contributed by atoms with Crippen LogP contribution < -0.4 is 0 Å². The zero-order valence-electron chi connectivity index (χ0n) is 9.40. The maximum absolute atomic E-state index is 12.5. The molecule has 0 spiro atoms. The standard InChI is InChI=1S/C14H14Br2O/c15-12-6-9-5-8-3-1-2-4-10(8)14(17)11(9)7-13(12)16/h1-4,9,11-13H,5-7H2/t9-,11-,12-,13+/m1/s1. The second-order valence-electron chi connectivity index (χ2n) is 5.10. The van der Waals surface area contributed by atoms with E-state index in [2.05, 4.69) is 37.9 Å². The van der Waals surface area contributed by atoms with Gasteiger partial charge >= 0.3 is 0 Å². The van der Waals surface area contributed by atoms with Crippen LogP contribution in [0, 0.1) is 11.8 Å². The smallest absolute Gasteiger partial charge is 0.166 e. The molecule has 4 atom stereocenters. The van der Waals surface area contributed by atoms with E-state index in [9.17, 15) is 4.79 Å². The lowest BCUT2D eigenvalue weighted by Gasteiger charge is -2.39. The summed E-state index contributed by atoms with van der Waals surface area (Å²) in [5.41, 5.74) is 2.20. The van der Waals surface area contributed by atoms with Crippen LogP contribution in [0.25, 0.3) is 0 Å². The van der Waals surface area contributed by atoms with Crippen LogP contribution in [0.3, 0.4) is 0 Å². The van der Waals surface area contributed by atoms with Gasteiger partial charge in [-0.25, -0.2) is 0 Å². The lowest BCUT2D eigenvalue weighted by Crippen LogP contribution is -2.41. The van der Waals surface area contributed by atoms with Crippen LogP contribution in [0.2, 0.25) is 0 Å². The SMILES string of the molecule is O=C1c2ccccc2C[C@@H]2C[C@@H](Br)[C@@H](Br)C[C@@H]12. The highest BCUT2D eigenvalue weighted by Crippen LogP contribution is 2.43. The van der Waals surface area contributed by atoms with Gasteiger partial charge in [-0.2, -0.15) is 0 Å². The maximum atomic E-state index is 12.5. The molecule has 3 rings (SSSR count). The Labute approximate surface area is 118 Å². The molecule has 3 heteroatoms. The third-order valence-corrected chi connectivity index (χ3v) is 6.80. The topological polar surface area (TPSA) is 17.1 Å². The van der Waals surface area contributed by atoms with E-state index in [1.807, 2.05) is 18.2 Å². The molecule has 0 unspecified atom stereocenters. The summed E-state index contributed by atoms with van der Waals surface area (Å²) in [4.78, 5) is 13.4. The van der Waals surface area contributed by atoms with Crippen molar-refractivity contribution in [2.45, 2.75) is 28.9 Å². The number of Topliss-reactive ketones (excluding diaryl/α,β-unsaturated/α-hetero) is 1. The molecule has 0 radical (unpaired) electrons. The molecule has 1 fully saturated rings. The molecule has 1 nitrogen and oxygen atoms in total. The Kier molecular flexibility index (Phi) is 3.16. The lowest BCUT2D eigenvalue weighted by molar-refractivity contribution is 0.0810. The Morgan fingerprint density at radius 2 is 1.76 bits per heavy atom. The van der Waals surface area contributed by atoms with Gasteiger partial charge in [-0.1, -0.05) is 56.1 Å². The van der Waals surface area contributed by atoms with Crippen molar-refractivity contribution >= 4 is 37.6 Å². The van der Waals surface area contributed by atoms with E-state index in [4.69, 9.17) is 0 Å². The summed E-state index contributed by atoms with van der Waals surface area (Å²) < 4.78 is 0. The van der Waals surface area contributed by atoms with E-state index >= 15 is 0 Å². The van der Waals surface area contributed by atoms with E-state index in [-0.39, 0.29) is 5.92 Å². The molecule has 90 valence electrons. The summed E-state index contributed by atoms with van der Waals surface area (Å²) in [5.74, 6) is 1.11. The molecule has 0 aromatic heterocycles. The molecule has 0 aliphatic heterocycles. The molecule has 1 aromatic rings. The van der Waals surface area contributed by atoms with E-state index in [0.29, 0.717) is 21.4 Å².